The molecule has 0 aromatic heterocycles. The predicted molar refractivity (Wildman–Crippen MR) is 127 cm³/mol. The summed E-state index contributed by atoms with van der Waals surface area (Å²) < 4.78 is 11.3. The number of esters is 1. The third-order valence-electron chi connectivity index (χ3n) is 8.65. The van der Waals surface area contributed by atoms with Crippen molar-refractivity contribution in [2.45, 2.75) is 58.6 Å². The molecular formula is C27H38N2O3. The zero-order chi connectivity index (χ0) is 22.5. The van der Waals surface area contributed by atoms with Crippen LogP contribution in [0.2, 0.25) is 0 Å². The molecule has 0 radical (unpaired) electrons. The van der Waals surface area contributed by atoms with E-state index in [-0.39, 0.29) is 29.3 Å². The van der Waals surface area contributed by atoms with Gasteiger partial charge >= 0.3 is 5.97 Å². The number of anilines is 1. The lowest BCUT2D eigenvalue weighted by molar-refractivity contribution is -0.145. The Bertz CT molecular complexity index is 881. The number of benzene rings is 1. The molecule has 0 amide bonds. The smallest absolute Gasteiger partial charge is 0.311 e. The van der Waals surface area contributed by atoms with Crippen LogP contribution in [0.3, 0.4) is 0 Å². The summed E-state index contributed by atoms with van der Waals surface area (Å²) in [7, 11) is 1.70. The first-order valence-corrected chi connectivity index (χ1v) is 12.4. The molecule has 5 rings (SSSR count). The summed E-state index contributed by atoms with van der Waals surface area (Å²) in [6.07, 6.45) is 7.37. The molecule has 0 bridgehead atoms. The highest BCUT2D eigenvalue weighted by molar-refractivity contribution is 5.76. The minimum atomic E-state index is -0.0223. The third-order valence-corrected chi connectivity index (χ3v) is 8.65. The van der Waals surface area contributed by atoms with Crippen LogP contribution in [0.1, 0.15) is 46.5 Å². The number of allylic oxidation sites excluding steroid dienone is 1. The van der Waals surface area contributed by atoms with Gasteiger partial charge in [0.2, 0.25) is 0 Å². The molecular weight excluding hydrogens is 400 g/mol. The second-order valence-corrected chi connectivity index (χ2v) is 10.8. The fourth-order valence-corrected chi connectivity index (χ4v) is 6.89. The minimum absolute atomic E-state index is 0.0223. The largest absolute Gasteiger partial charge is 0.497 e. The molecule has 0 unspecified atom stereocenters. The minimum Gasteiger partial charge on any atom is -0.497 e. The number of hydrogen-bond donors (Lipinski definition) is 0. The highest BCUT2D eigenvalue weighted by Gasteiger charge is 2.52. The maximum atomic E-state index is 12.9. The molecule has 4 aliphatic rings. The molecule has 2 saturated heterocycles. The predicted octanol–water partition coefficient (Wildman–Crippen LogP) is 4.52. The molecule has 1 aromatic carbocycles. The van der Waals surface area contributed by atoms with Gasteiger partial charge in [0.05, 0.1) is 13.0 Å². The lowest BCUT2D eigenvalue weighted by Gasteiger charge is -2.46. The van der Waals surface area contributed by atoms with Crippen LogP contribution in [-0.2, 0) is 9.53 Å². The summed E-state index contributed by atoms with van der Waals surface area (Å²) in [5, 5.41) is 0. The molecule has 2 heterocycles. The summed E-state index contributed by atoms with van der Waals surface area (Å²) >= 11 is 0. The van der Waals surface area contributed by atoms with Crippen LogP contribution in [0.15, 0.2) is 35.9 Å². The molecule has 1 saturated carbocycles. The molecule has 0 spiro atoms. The van der Waals surface area contributed by atoms with E-state index < -0.39 is 0 Å². The van der Waals surface area contributed by atoms with Gasteiger partial charge in [-0.1, -0.05) is 31.9 Å². The number of carbonyl (C=O) groups is 1. The first-order chi connectivity index (χ1) is 15.4. The van der Waals surface area contributed by atoms with Crippen LogP contribution in [0.25, 0.3) is 0 Å². The summed E-state index contributed by atoms with van der Waals surface area (Å²) in [4.78, 5) is 17.9. The average molecular weight is 439 g/mol. The topological polar surface area (TPSA) is 42.0 Å². The van der Waals surface area contributed by atoms with Gasteiger partial charge in [-0.15, -0.1) is 0 Å². The van der Waals surface area contributed by atoms with Crippen molar-refractivity contribution in [1.82, 2.24) is 4.90 Å². The number of hydrogen-bond acceptors (Lipinski definition) is 5. The number of rotatable bonds is 4. The van der Waals surface area contributed by atoms with Gasteiger partial charge in [-0.25, -0.2) is 0 Å². The number of methoxy groups -OCH3 is 1. The molecule has 5 nitrogen and oxygen atoms in total. The quantitative estimate of drug-likeness (QED) is 0.511. The second kappa shape index (κ2) is 8.40. The molecule has 2 aliphatic carbocycles. The maximum Gasteiger partial charge on any atom is 0.311 e. The van der Waals surface area contributed by atoms with Crippen molar-refractivity contribution in [3.8, 4) is 5.75 Å². The lowest BCUT2D eigenvalue weighted by Crippen LogP contribution is -2.53. The monoisotopic (exact) mass is 438 g/mol. The van der Waals surface area contributed by atoms with E-state index in [0.29, 0.717) is 12.0 Å². The molecule has 0 N–H and O–H groups in total. The van der Waals surface area contributed by atoms with Crippen LogP contribution in [0.5, 0.6) is 5.75 Å². The van der Waals surface area contributed by atoms with Gasteiger partial charge in [0.25, 0.3) is 0 Å². The van der Waals surface area contributed by atoms with Crippen molar-refractivity contribution < 1.29 is 14.3 Å². The highest BCUT2D eigenvalue weighted by atomic mass is 16.6. The van der Waals surface area contributed by atoms with Crippen molar-refractivity contribution in [2.24, 2.45) is 23.2 Å². The molecule has 32 heavy (non-hydrogen) atoms. The van der Waals surface area contributed by atoms with E-state index in [1.165, 1.54) is 24.9 Å². The Kier molecular flexibility index (Phi) is 5.73. The Hall–Kier alpha value is -2.01. The maximum absolute atomic E-state index is 12.9. The SMILES string of the molecule is COc1ccc(N2CCN(C[C@@H]3C(=O)O[C@@H]4C[C@@]5(C)CCC[C@H](C)C5=C[C@H]34)C[C@H]2C)cc1. The van der Waals surface area contributed by atoms with Crippen molar-refractivity contribution in [3.63, 3.8) is 0 Å². The van der Waals surface area contributed by atoms with Crippen molar-refractivity contribution in [1.29, 1.82) is 0 Å². The Morgan fingerprint density at radius 3 is 2.69 bits per heavy atom. The average Bonchev–Trinajstić information content (AvgIpc) is 3.06. The fourth-order valence-electron chi connectivity index (χ4n) is 6.89. The summed E-state index contributed by atoms with van der Waals surface area (Å²) in [6, 6.07) is 8.73. The normalized spacial score (nSPS) is 37.4. The number of nitrogens with zero attached hydrogens (tertiary/aromatic N) is 2. The number of carbonyl (C=O) groups excluding carboxylic acids is 1. The number of fused-ring (bicyclic) bond motifs is 2. The summed E-state index contributed by atoms with van der Waals surface area (Å²) in [5.74, 6) is 1.78. The summed E-state index contributed by atoms with van der Waals surface area (Å²) in [6.45, 7) is 10.8. The Morgan fingerprint density at radius 1 is 1.19 bits per heavy atom. The second-order valence-electron chi connectivity index (χ2n) is 10.8. The fraction of sp³-hybridized carbons (Fsp3) is 0.667. The molecule has 2 aliphatic heterocycles. The van der Waals surface area contributed by atoms with Crippen LogP contribution in [0.4, 0.5) is 5.69 Å². The third kappa shape index (κ3) is 3.83. The van der Waals surface area contributed by atoms with Gasteiger partial charge < -0.3 is 14.4 Å². The Balaban J connectivity index is 1.27. The molecule has 1 aromatic rings. The van der Waals surface area contributed by atoms with E-state index in [4.69, 9.17) is 9.47 Å². The zero-order valence-corrected chi connectivity index (χ0v) is 20.0. The van der Waals surface area contributed by atoms with Crippen LogP contribution in [0, 0.1) is 23.2 Å². The lowest BCUT2D eigenvalue weighted by atomic mass is 9.59. The van der Waals surface area contributed by atoms with Gasteiger partial charge in [-0.2, -0.15) is 0 Å². The zero-order valence-electron chi connectivity index (χ0n) is 20.0. The number of piperazine rings is 1. The van der Waals surface area contributed by atoms with Gasteiger partial charge in [-0.05, 0) is 61.8 Å². The Morgan fingerprint density at radius 2 is 1.97 bits per heavy atom. The standard InChI is InChI=1S/C27H38N2O3/c1-18-6-5-11-27(3)15-25-22(14-24(18)27)23(26(30)32-25)17-28-12-13-29(19(2)16-28)20-7-9-21(31-4)10-8-20/h7-10,14,18-19,22-23,25H,5-6,11-13,15-17H2,1-4H3/t18-,19+,22+,23-,25+,27+/m0/s1. The van der Waals surface area contributed by atoms with Crippen LogP contribution < -0.4 is 9.64 Å². The number of ether oxygens (including phenoxy) is 2. The van der Waals surface area contributed by atoms with E-state index in [9.17, 15) is 4.79 Å². The van der Waals surface area contributed by atoms with E-state index in [1.54, 1.807) is 12.7 Å². The first kappa shape index (κ1) is 21.8. The van der Waals surface area contributed by atoms with E-state index in [0.717, 1.165) is 38.3 Å². The van der Waals surface area contributed by atoms with Gasteiger partial charge in [-0.3, -0.25) is 9.69 Å². The van der Waals surface area contributed by atoms with E-state index in [2.05, 4.69) is 48.8 Å². The van der Waals surface area contributed by atoms with E-state index >= 15 is 0 Å². The first-order valence-electron chi connectivity index (χ1n) is 12.4. The molecule has 6 atom stereocenters. The van der Waals surface area contributed by atoms with Crippen LogP contribution >= 0.6 is 0 Å². The van der Waals surface area contributed by atoms with Gasteiger partial charge in [0, 0.05) is 43.8 Å². The summed E-state index contributed by atoms with van der Waals surface area (Å²) in [5.41, 5.74) is 3.07. The van der Waals surface area contributed by atoms with Gasteiger partial charge in [0.15, 0.2) is 0 Å². The van der Waals surface area contributed by atoms with E-state index in [1.807, 2.05) is 12.1 Å². The molecule has 3 fully saturated rings. The Labute approximate surface area is 192 Å². The van der Waals surface area contributed by atoms with Crippen molar-refractivity contribution in [3.05, 3.63) is 35.9 Å². The van der Waals surface area contributed by atoms with Crippen molar-refractivity contribution in [2.75, 3.05) is 38.2 Å². The van der Waals surface area contributed by atoms with Crippen molar-refractivity contribution >= 4 is 11.7 Å². The van der Waals surface area contributed by atoms with Crippen LogP contribution in [-0.4, -0.2) is 56.3 Å². The molecule has 5 heteroatoms. The molecule has 174 valence electrons. The highest BCUT2D eigenvalue weighted by Crippen LogP contribution is 2.54. The van der Waals surface area contributed by atoms with Gasteiger partial charge in [0.1, 0.15) is 11.9 Å².